The van der Waals surface area contributed by atoms with Crippen LogP contribution in [0.15, 0.2) is 27.9 Å². The summed E-state index contributed by atoms with van der Waals surface area (Å²) in [5.41, 5.74) is 3.59. The summed E-state index contributed by atoms with van der Waals surface area (Å²) in [6.07, 6.45) is -0.104. The molecule has 14 nitrogen and oxygen atoms in total. The number of β-lactam (4-membered cyclic amide) rings is 1. The lowest BCUT2D eigenvalue weighted by atomic mass is 9.98. The minimum absolute atomic E-state index is 0.0211. The van der Waals surface area contributed by atoms with Gasteiger partial charge in [-0.3, -0.25) is 14.5 Å². The number of rotatable bonds is 9. The lowest BCUT2D eigenvalue weighted by molar-refractivity contribution is -0.161. The molecule has 0 aliphatic carbocycles. The van der Waals surface area contributed by atoms with E-state index in [0.29, 0.717) is 0 Å². The van der Waals surface area contributed by atoms with Gasteiger partial charge in [0, 0.05) is 11.1 Å². The van der Waals surface area contributed by atoms with Crippen molar-refractivity contribution in [1.82, 2.24) is 15.2 Å². The third kappa shape index (κ3) is 5.72. The highest BCUT2D eigenvalue weighted by Crippen LogP contribution is 2.45. The van der Waals surface area contributed by atoms with Gasteiger partial charge in [-0.25, -0.2) is 14.6 Å². The number of aliphatic carboxylic acids is 2. The second kappa shape index (κ2) is 11.3. The molecular formula is C23H21Cl2N5O9S2. The molecule has 4 rings (SSSR count). The normalized spacial score (nSPS) is 19.0. The van der Waals surface area contributed by atoms with Gasteiger partial charge in [0.15, 0.2) is 22.3 Å². The molecule has 41 heavy (non-hydrogen) atoms. The van der Waals surface area contributed by atoms with Crippen LogP contribution in [0.3, 0.4) is 0 Å². The number of carbonyl (C=O) groups is 4. The molecule has 2 aliphatic heterocycles. The third-order valence-electron chi connectivity index (χ3n) is 6.04. The zero-order chi connectivity index (χ0) is 30.4. The van der Waals surface area contributed by atoms with Gasteiger partial charge in [0.1, 0.15) is 22.8 Å². The maximum Gasteiger partial charge on any atom is 0.352 e. The average Bonchev–Trinajstić information content (AvgIpc) is 3.34. The highest BCUT2D eigenvalue weighted by Gasteiger charge is 2.54. The molecule has 1 unspecified atom stereocenters. The van der Waals surface area contributed by atoms with Crippen LogP contribution in [0.2, 0.25) is 10.0 Å². The number of hydrogen-bond acceptors (Lipinski definition) is 12. The number of halogens is 2. The first kappa shape index (κ1) is 30.2. The zero-order valence-corrected chi connectivity index (χ0v) is 24.2. The van der Waals surface area contributed by atoms with Crippen molar-refractivity contribution in [2.45, 2.75) is 37.3 Å². The first-order chi connectivity index (χ1) is 19.1. The van der Waals surface area contributed by atoms with Gasteiger partial charge in [-0.1, -0.05) is 28.4 Å². The van der Waals surface area contributed by atoms with Crippen molar-refractivity contribution < 1.29 is 44.4 Å². The van der Waals surface area contributed by atoms with Gasteiger partial charge < -0.3 is 36.3 Å². The van der Waals surface area contributed by atoms with Crippen LogP contribution in [-0.2, 0) is 30.4 Å². The average molecular weight is 646 g/mol. The fourth-order valence-electron chi connectivity index (χ4n) is 3.84. The molecule has 0 radical (unpaired) electrons. The summed E-state index contributed by atoms with van der Waals surface area (Å²) in [5, 5.41) is 45.5. The number of aromatic nitrogens is 1. The van der Waals surface area contributed by atoms with Crippen molar-refractivity contribution in [3.63, 3.8) is 0 Å². The van der Waals surface area contributed by atoms with Crippen molar-refractivity contribution in [2.24, 2.45) is 5.16 Å². The lowest BCUT2D eigenvalue weighted by Gasteiger charge is -2.49. The Labute approximate surface area is 249 Å². The van der Waals surface area contributed by atoms with E-state index in [1.54, 1.807) is 0 Å². The van der Waals surface area contributed by atoms with E-state index < -0.39 is 58.0 Å². The highest BCUT2D eigenvalue weighted by molar-refractivity contribution is 8.00. The van der Waals surface area contributed by atoms with Crippen molar-refractivity contribution in [1.29, 1.82) is 0 Å². The smallest absolute Gasteiger partial charge is 0.352 e. The number of hydrogen-bond donors (Lipinski definition) is 6. The predicted molar refractivity (Wildman–Crippen MR) is 149 cm³/mol. The number of anilines is 1. The maximum absolute atomic E-state index is 13.2. The van der Waals surface area contributed by atoms with Crippen LogP contribution in [0.5, 0.6) is 11.5 Å². The molecule has 18 heteroatoms. The zero-order valence-electron chi connectivity index (χ0n) is 21.0. The topological polar surface area (TPSA) is 225 Å². The fourth-order valence-corrected chi connectivity index (χ4v) is 6.17. The number of nitrogens with zero attached hydrogens (tertiary/aromatic N) is 3. The Morgan fingerprint density at radius 3 is 2.54 bits per heavy atom. The number of carboxylic acid groups (broad SMARTS) is 2. The monoisotopic (exact) mass is 645 g/mol. The SMILES string of the molecule is CC(C)(ON=C(C(=O)NC1C(=O)N2C(C(=O)O)=C(Cc3cc(Cl)c(O)c(O)c3Cl)CS[C@@H]12)c1csc(N)n1)C(=O)O. The molecule has 3 heterocycles. The summed E-state index contributed by atoms with van der Waals surface area (Å²) in [4.78, 5) is 60.0. The van der Waals surface area contributed by atoms with E-state index in [4.69, 9.17) is 33.8 Å². The molecule has 1 aromatic heterocycles. The number of carboxylic acids is 2. The van der Waals surface area contributed by atoms with E-state index in [-0.39, 0.29) is 49.9 Å². The summed E-state index contributed by atoms with van der Waals surface area (Å²) in [5.74, 6) is -5.59. The number of nitrogens with one attached hydrogen (secondary N) is 1. The van der Waals surface area contributed by atoms with E-state index in [1.165, 1.54) is 25.3 Å². The number of nitrogen functional groups attached to an aromatic ring is 1. The Morgan fingerprint density at radius 1 is 1.27 bits per heavy atom. The lowest BCUT2D eigenvalue weighted by Crippen LogP contribution is -2.71. The summed E-state index contributed by atoms with van der Waals surface area (Å²) < 4.78 is 0. The Kier molecular flexibility index (Phi) is 8.31. The Hall–Kier alpha value is -3.73. The molecule has 1 saturated heterocycles. The maximum atomic E-state index is 13.2. The minimum Gasteiger partial charge on any atom is -0.503 e. The van der Waals surface area contributed by atoms with E-state index in [9.17, 15) is 39.6 Å². The van der Waals surface area contributed by atoms with Crippen molar-refractivity contribution >= 4 is 80.9 Å². The van der Waals surface area contributed by atoms with E-state index in [1.807, 2.05) is 0 Å². The van der Waals surface area contributed by atoms with Crippen LogP contribution < -0.4 is 11.1 Å². The van der Waals surface area contributed by atoms with Gasteiger partial charge in [-0.15, -0.1) is 23.1 Å². The Bertz CT molecular complexity index is 1540. The summed E-state index contributed by atoms with van der Waals surface area (Å²) in [7, 11) is 0. The third-order valence-corrected chi connectivity index (χ3v) is 8.76. The molecule has 0 saturated carbocycles. The van der Waals surface area contributed by atoms with Crippen molar-refractivity contribution in [2.75, 3.05) is 11.5 Å². The number of nitrogens with two attached hydrogens (primary N) is 1. The largest absolute Gasteiger partial charge is 0.503 e. The number of amides is 2. The van der Waals surface area contributed by atoms with E-state index in [0.717, 1.165) is 28.0 Å². The Morgan fingerprint density at radius 2 is 1.95 bits per heavy atom. The van der Waals surface area contributed by atoms with Crippen LogP contribution in [0.4, 0.5) is 5.13 Å². The van der Waals surface area contributed by atoms with Crippen molar-refractivity contribution in [3.05, 3.63) is 44.0 Å². The predicted octanol–water partition coefficient (Wildman–Crippen LogP) is 2.01. The molecule has 0 spiro atoms. The highest BCUT2D eigenvalue weighted by atomic mass is 35.5. The standard InChI is InChI=1S/C23H21Cl2N5O9S2/c1-23(2,21(37)38)39-29-12(10-6-41-22(26)27-10)17(33)28-13-18(34)30-14(20(35)36)8(5-40-19(13)30)3-7-4-9(24)15(31)16(32)11(7)25/h4,6,13,19,31-32H,3,5H2,1-2H3,(H2,26,27)(H,28,33)(H,35,36)(H,37,38)/t13?,19-/m0/s1. The van der Waals surface area contributed by atoms with Crippen molar-refractivity contribution in [3.8, 4) is 11.5 Å². The van der Waals surface area contributed by atoms with Crippen LogP contribution in [-0.4, -0.2) is 82.5 Å². The summed E-state index contributed by atoms with van der Waals surface area (Å²) >= 11 is 14.2. The number of fused-ring (bicyclic) bond motifs is 1. The van der Waals surface area contributed by atoms with Crippen LogP contribution in [0.25, 0.3) is 0 Å². The molecule has 1 fully saturated rings. The number of carbonyl (C=O) groups excluding carboxylic acids is 2. The number of benzene rings is 1. The number of phenolic OH excluding ortho intramolecular Hbond substituents is 2. The van der Waals surface area contributed by atoms with Gasteiger partial charge in [0.25, 0.3) is 11.8 Å². The van der Waals surface area contributed by atoms with E-state index in [2.05, 4.69) is 15.5 Å². The Balaban J connectivity index is 1.59. The second-order valence-electron chi connectivity index (χ2n) is 9.24. The first-order valence-electron chi connectivity index (χ1n) is 11.4. The summed E-state index contributed by atoms with van der Waals surface area (Å²) in [6.45, 7) is 2.43. The van der Waals surface area contributed by atoms with Gasteiger partial charge >= 0.3 is 11.9 Å². The van der Waals surface area contributed by atoms with E-state index >= 15 is 0 Å². The summed E-state index contributed by atoms with van der Waals surface area (Å²) in [6, 6.07) is 0.121. The number of phenols is 2. The van der Waals surface area contributed by atoms with Gasteiger partial charge in [0.2, 0.25) is 5.60 Å². The molecule has 7 N–H and O–H groups in total. The van der Waals surface area contributed by atoms with Crippen LogP contribution in [0.1, 0.15) is 25.1 Å². The molecule has 2 aliphatic rings. The second-order valence-corrected chi connectivity index (χ2v) is 12.0. The first-order valence-corrected chi connectivity index (χ1v) is 14.1. The minimum atomic E-state index is -1.80. The van der Waals surface area contributed by atoms with Gasteiger partial charge in [-0.2, -0.15) is 0 Å². The molecule has 0 bridgehead atoms. The van der Waals surface area contributed by atoms with Crippen LogP contribution >= 0.6 is 46.3 Å². The van der Waals surface area contributed by atoms with Gasteiger partial charge in [0.05, 0.1) is 10.0 Å². The van der Waals surface area contributed by atoms with Crippen LogP contribution in [0, 0.1) is 0 Å². The number of oxime groups is 1. The molecule has 2 atom stereocenters. The number of thioether (sulfide) groups is 1. The van der Waals surface area contributed by atoms with Gasteiger partial charge in [-0.05, 0) is 37.5 Å². The molecule has 2 aromatic rings. The number of aromatic hydroxyl groups is 2. The molecule has 2 amide bonds. The quantitative estimate of drug-likeness (QED) is 0.0996. The number of thiazole rings is 1. The fraction of sp³-hybridized carbons (Fsp3) is 0.304. The molecular weight excluding hydrogens is 625 g/mol. The molecule has 218 valence electrons. The molecule has 1 aromatic carbocycles.